The van der Waals surface area contributed by atoms with Gasteiger partial charge < -0.3 is 5.32 Å². The molecule has 27 heavy (non-hydrogen) atoms. The second kappa shape index (κ2) is 8.43. The average Bonchev–Trinajstić information content (AvgIpc) is 2.59. The molecule has 0 aliphatic carbocycles. The number of aryl methyl sites for hydroxylation is 1. The highest BCUT2D eigenvalue weighted by atomic mass is 32.2. The van der Waals surface area contributed by atoms with Crippen molar-refractivity contribution in [1.82, 2.24) is 4.72 Å². The normalized spacial score (nSPS) is 11.9. The topological polar surface area (TPSA) is 75.3 Å². The summed E-state index contributed by atoms with van der Waals surface area (Å²) in [6.45, 7) is 2.01. The smallest absolute Gasteiger partial charge is 0.307 e. The summed E-state index contributed by atoms with van der Waals surface area (Å²) < 4.78 is 64.6. The standard InChI is InChI=1S/C18H19F3N2O3S/c1-2-3-6-13-7-4-10-16(11-13)27(25,26)23-17(24)22-15-9-5-8-14(12-15)18(19,20)21/h4-5,7-12H,2-3,6H2,1H3,(H2,22,23,24). The highest BCUT2D eigenvalue weighted by Crippen LogP contribution is 2.30. The molecule has 146 valence electrons. The van der Waals surface area contributed by atoms with E-state index < -0.39 is 27.8 Å². The fourth-order valence-electron chi connectivity index (χ4n) is 2.36. The zero-order valence-corrected chi connectivity index (χ0v) is 15.3. The van der Waals surface area contributed by atoms with E-state index in [0.717, 1.165) is 36.6 Å². The van der Waals surface area contributed by atoms with Crippen molar-refractivity contribution in [2.24, 2.45) is 0 Å². The number of benzene rings is 2. The Hall–Kier alpha value is -2.55. The van der Waals surface area contributed by atoms with Crippen molar-refractivity contribution < 1.29 is 26.4 Å². The monoisotopic (exact) mass is 400 g/mol. The lowest BCUT2D eigenvalue weighted by atomic mass is 10.1. The Morgan fingerprint density at radius 3 is 2.44 bits per heavy atom. The number of carbonyl (C=O) groups is 1. The fourth-order valence-corrected chi connectivity index (χ4v) is 3.34. The van der Waals surface area contributed by atoms with Gasteiger partial charge in [0.15, 0.2) is 0 Å². The van der Waals surface area contributed by atoms with Crippen molar-refractivity contribution in [3.05, 3.63) is 59.7 Å². The van der Waals surface area contributed by atoms with Crippen LogP contribution in [0.4, 0.5) is 23.7 Å². The number of hydrogen-bond acceptors (Lipinski definition) is 3. The molecule has 0 saturated carbocycles. The van der Waals surface area contributed by atoms with Crippen molar-refractivity contribution in [3.63, 3.8) is 0 Å². The number of unbranched alkanes of at least 4 members (excludes halogenated alkanes) is 1. The van der Waals surface area contributed by atoms with Crippen LogP contribution in [0.1, 0.15) is 30.9 Å². The minimum absolute atomic E-state index is 0.0877. The second-order valence-corrected chi connectivity index (χ2v) is 7.57. The number of sulfonamides is 1. The second-order valence-electron chi connectivity index (χ2n) is 5.89. The first-order valence-electron chi connectivity index (χ1n) is 8.22. The van der Waals surface area contributed by atoms with Crippen molar-refractivity contribution >= 4 is 21.7 Å². The summed E-state index contributed by atoms with van der Waals surface area (Å²) in [6, 6.07) is 8.94. The maximum Gasteiger partial charge on any atom is 0.416 e. The van der Waals surface area contributed by atoms with Gasteiger partial charge in [-0.1, -0.05) is 31.5 Å². The molecule has 0 atom stereocenters. The number of rotatable bonds is 6. The first-order chi connectivity index (χ1) is 12.6. The molecule has 0 spiro atoms. The van der Waals surface area contributed by atoms with E-state index in [4.69, 9.17) is 0 Å². The number of urea groups is 1. The third-order valence-corrected chi connectivity index (χ3v) is 5.03. The lowest BCUT2D eigenvalue weighted by Crippen LogP contribution is -2.34. The van der Waals surface area contributed by atoms with Gasteiger partial charge in [0, 0.05) is 5.69 Å². The van der Waals surface area contributed by atoms with Crippen LogP contribution in [0, 0.1) is 0 Å². The molecule has 0 radical (unpaired) electrons. The molecule has 0 aromatic heterocycles. The Labute approximate surface area is 155 Å². The number of carbonyl (C=O) groups excluding carboxylic acids is 1. The van der Waals surface area contributed by atoms with Gasteiger partial charge in [-0.3, -0.25) is 0 Å². The van der Waals surface area contributed by atoms with Crippen LogP contribution >= 0.6 is 0 Å². The molecule has 2 aromatic rings. The third kappa shape index (κ3) is 5.99. The predicted molar refractivity (Wildman–Crippen MR) is 95.8 cm³/mol. The molecule has 0 bridgehead atoms. The van der Waals surface area contributed by atoms with Gasteiger partial charge in [-0.15, -0.1) is 0 Å². The molecule has 5 nitrogen and oxygen atoms in total. The van der Waals surface area contributed by atoms with Crippen LogP contribution in [-0.2, 0) is 22.6 Å². The zero-order valence-electron chi connectivity index (χ0n) is 14.5. The maximum absolute atomic E-state index is 12.7. The Bertz CT molecular complexity index is 912. The summed E-state index contributed by atoms with van der Waals surface area (Å²) >= 11 is 0. The van der Waals surface area contributed by atoms with Crippen molar-refractivity contribution in [1.29, 1.82) is 0 Å². The van der Waals surface area contributed by atoms with Crippen LogP contribution in [-0.4, -0.2) is 14.4 Å². The lowest BCUT2D eigenvalue weighted by Gasteiger charge is -2.11. The van der Waals surface area contributed by atoms with Crippen molar-refractivity contribution in [3.8, 4) is 0 Å². The summed E-state index contributed by atoms with van der Waals surface area (Å²) in [5.41, 5.74) is -0.306. The van der Waals surface area contributed by atoms with Crippen LogP contribution in [0.15, 0.2) is 53.4 Å². The largest absolute Gasteiger partial charge is 0.416 e. The summed E-state index contributed by atoms with van der Waals surface area (Å²) in [6.07, 6.45) is -2.02. The molecule has 2 rings (SSSR count). The van der Waals surface area contributed by atoms with E-state index in [1.54, 1.807) is 16.9 Å². The first-order valence-corrected chi connectivity index (χ1v) is 9.70. The van der Waals surface area contributed by atoms with Gasteiger partial charge in [0.2, 0.25) is 0 Å². The number of hydrogen-bond donors (Lipinski definition) is 2. The quantitative estimate of drug-likeness (QED) is 0.747. The van der Waals surface area contributed by atoms with Gasteiger partial charge in [-0.25, -0.2) is 17.9 Å². The predicted octanol–water partition coefficient (Wildman–Crippen LogP) is 4.56. The Balaban J connectivity index is 2.11. The van der Waals surface area contributed by atoms with Gasteiger partial charge in [0.05, 0.1) is 10.5 Å². The number of anilines is 1. The number of halogens is 3. The minimum Gasteiger partial charge on any atom is -0.307 e. The van der Waals surface area contributed by atoms with Crippen LogP contribution in [0.25, 0.3) is 0 Å². The van der Waals surface area contributed by atoms with Crippen molar-refractivity contribution in [2.45, 2.75) is 37.3 Å². The Morgan fingerprint density at radius 2 is 1.78 bits per heavy atom. The van der Waals surface area contributed by atoms with E-state index in [0.29, 0.717) is 6.42 Å². The summed E-state index contributed by atoms with van der Waals surface area (Å²) in [5.74, 6) is 0. The van der Waals surface area contributed by atoms with E-state index in [-0.39, 0.29) is 10.6 Å². The Kier molecular flexibility index (Phi) is 6.48. The molecule has 2 N–H and O–H groups in total. The molecule has 2 amide bonds. The third-order valence-electron chi connectivity index (χ3n) is 3.70. The number of nitrogens with one attached hydrogen (secondary N) is 2. The van der Waals surface area contributed by atoms with Crippen LogP contribution < -0.4 is 10.0 Å². The molecule has 0 saturated heterocycles. The van der Waals surface area contributed by atoms with E-state index in [2.05, 4.69) is 5.32 Å². The average molecular weight is 400 g/mol. The molecule has 0 aliphatic rings. The molecule has 2 aromatic carbocycles. The molecule has 0 fully saturated rings. The van der Waals surface area contributed by atoms with Gasteiger partial charge in [-0.05, 0) is 48.7 Å². The molecule has 0 aliphatic heterocycles. The molecule has 9 heteroatoms. The minimum atomic E-state index is -4.57. The summed E-state index contributed by atoms with van der Waals surface area (Å²) in [5, 5.41) is 2.10. The van der Waals surface area contributed by atoms with E-state index in [1.807, 2.05) is 6.92 Å². The lowest BCUT2D eigenvalue weighted by molar-refractivity contribution is -0.137. The van der Waals surface area contributed by atoms with E-state index in [1.165, 1.54) is 18.2 Å². The Morgan fingerprint density at radius 1 is 1.07 bits per heavy atom. The molecular weight excluding hydrogens is 381 g/mol. The maximum atomic E-state index is 12.7. The van der Waals surface area contributed by atoms with Gasteiger partial charge >= 0.3 is 12.2 Å². The van der Waals surface area contributed by atoms with E-state index in [9.17, 15) is 26.4 Å². The molecule has 0 heterocycles. The first kappa shape index (κ1) is 20.8. The SMILES string of the molecule is CCCCc1cccc(S(=O)(=O)NC(=O)Nc2cccc(C(F)(F)F)c2)c1. The number of amides is 2. The van der Waals surface area contributed by atoms with Crippen LogP contribution in [0.3, 0.4) is 0 Å². The van der Waals surface area contributed by atoms with Crippen molar-refractivity contribution in [2.75, 3.05) is 5.32 Å². The zero-order chi connectivity index (χ0) is 20.1. The van der Waals surface area contributed by atoms with Gasteiger partial charge in [0.1, 0.15) is 0 Å². The highest BCUT2D eigenvalue weighted by Gasteiger charge is 2.30. The summed E-state index contributed by atoms with van der Waals surface area (Å²) in [7, 11) is -4.15. The highest BCUT2D eigenvalue weighted by molar-refractivity contribution is 7.90. The van der Waals surface area contributed by atoms with Gasteiger partial charge in [-0.2, -0.15) is 13.2 Å². The molecule has 0 unspecified atom stereocenters. The summed E-state index contributed by atoms with van der Waals surface area (Å²) in [4.78, 5) is 11.8. The molecular formula is C18H19F3N2O3S. The fraction of sp³-hybridized carbons (Fsp3) is 0.278. The van der Waals surface area contributed by atoms with Crippen LogP contribution in [0.5, 0.6) is 0 Å². The van der Waals surface area contributed by atoms with E-state index >= 15 is 0 Å². The van der Waals surface area contributed by atoms with Crippen LogP contribution in [0.2, 0.25) is 0 Å². The number of alkyl halides is 3. The van der Waals surface area contributed by atoms with Gasteiger partial charge in [0.25, 0.3) is 10.0 Å².